The lowest BCUT2D eigenvalue weighted by Crippen LogP contribution is -1.77. The molecule has 70 valence electrons. The number of halogens is 1. The topological polar surface area (TPSA) is 0 Å². The molecule has 0 atom stereocenters. The fourth-order valence-electron chi connectivity index (χ4n) is 2.08. The van der Waals surface area contributed by atoms with Gasteiger partial charge in [0.1, 0.15) is 0 Å². The average Bonchev–Trinajstić information content (AvgIpc) is 2.56. The highest BCUT2D eigenvalue weighted by Gasteiger charge is 2.15. The lowest BCUT2D eigenvalue weighted by molar-refractivity contribution is 1.26. The summed E-state index contributed by atoms with van der Waals surface area (Å²) in [5.41, 5.74) is 5.75. The van der Waals surface area contributed by atoms with Gasteiger partial charge in [0.25, 0.3) is 0 Å². The first-order valence-electron chi connectivity index (χ1n) is 4.61. The van der Waals surface area contributed by atoms with E-state index < -0.39 is 0 Å². The van der Waals surface area contributed by atoms with Crippen LogP contribution in [-0.4, -0.2) is 0 Å². The molecule has 0 aliphatic heterocycles. The zero-order valence-corrected chi connectivity index (χ0v) is 8.55. The Hall–Kier alpha value is -1.27. The van der Waals surface area contributed by atoms with E-state index in [1.165, 1.54) is 22.3 Å². The predicted octanol–water partition coefficient (Wildman–Crippen LogP) is 3.68. The normalized spacial score (nSPS) is 11.4. The van der Waals surface area contributed by atoms with E-state index in [1.54, 1.807) is 0 Å². The van der Waals surface area contributed by atoms with Gasteiger partial charge in [0, 0.05) is 0 Å². The maximum atomic E-state index is 2.22. The first-order chi connectivity index (χ1) is 6.45. The molecular formula is C13H11Cl. The molecule has 2 aromatic carbocycles. The molecule has 2 aromatic rings. The van der Waals surface area contributed by atoms with Crippen LogP contribution in [0.2, 0.25) is 0 Å². The summed E-state index contributed by atoms with van der Waals surface area (Å²) in [5, 5.41) is 0. The highest BCUT2D eigenvalue weighted by Crippen LogP contribution is 2.35. The van der Waals surface area contributed by atoms with Crippen LogP contribution in [0.1, 0.15) is 11.1 Å². The van der Waals surface area contributed by atoms with Crippen molar-refractivity contribution in [2.24, 2.45) is 0 Å². The lowest BCUT2D eigenvalue weighted by atomic mass is 10.1. The van der Waals surface area contributed by atoms with Gasteiger partial charge >= 0.3 is 0 Å². The van der Waals surface area contributed by atoms with Crippen molar-refractivity contribution in [1.82, 2.24) is 0 Å². The first kappa shape index (κ1) is 9.29. The molecule has 0 amide bonds. The van der Waals surface area contributed by atoms with Gasteiger partial charge in [0.05, 0.1) is 0 Å². The van der Waals surface area contributed by atoms with Crippen molar-refractivity contribution in [3.63, 3.8) is 0 Å². The number of hydrogen-bond acceptors (Lipinski definition) is 0. The second-order valence-corrected chi connectivity index (χ2v) is 3.49. The number of hydrogen-bond donors (Lipinski definition) is 0. The average molecular weight is 203 g/mol. The summed E-state index contributed by atoms with van der Waals surface area (Å²) in [5.74, 6) is 0. The van der Waals surface area contributed by atoms with Gasteiger partial charge in [-0.25, -0.2) is 0 Å². The van der Waals surface area contributed by atoms with Crippen LogP contribution in [0.4, 0.5) is 0 Å². The minimum Gasteiger partial charge on any atom is -0.147 e. The predicted molar refractivity (Wildman–Crippen MR) is 61.9 cm³/mol. The number of fused-ring (bicyclic) bond motifs is 3. The van der Waals surface area contributed by atoms with Crippen LogP contribution in [0, 0.1) is 0 Å². The Balaban J connectivity index is 0.000000750. The van der Waals surface area contributed by atoms with Gasteiger partial charge in [-0.1, -0.05) is 48.5 Å². The molecule has 0 unspecified atom stereocenters. The Morgan fingerprint density at radius 1 is 0.643 bits per heavy atom. The van der Waals surface area contributed by atoms with Gasteiger partial charge in [-0.3, -0.25) is 0 Å². The van der Waals surface area contributed by atoms with Crippen LogP contribution in [0.15, 0.2) is 48.5 Å². The van der Waals surface area contributed by atoms with Crippen molar-refractivity contribution in [3.05, 3.63) is 59.7 Å². The summed E-state index contributed by atoms with van der Waals surface area (Å²) in [6.45, 7) is 0. The minimum atomic E-state index is 0. The van der Waals surface area contributed by atoms with E-state index in [2.05, 4.69) is 48.5 Å². The third-order valence-corrected chi connectivity index (χ3v) is 2.71. The Bertz CT molecular complexity index is 417. The summed E-state index contributed by atoms with van der Waals surface area (Å²) < 4.78 is 0. The molecule has 0 aromatic heterocycles. The molecule has 0 saturated carbocycles. The summed E-state index contributed by atoms with van der Waals surface area (Å²) >= 11 is 0. The van der Waals surface area contributed by atoms with Crippen molar-refractivity contribution in [2.45, 2.75) is 6.42 Å². The molecule has 3 rings (SSSR count). The molecule has 0 bridgehead atoms. The quantitative estimate of drug-likeness (QED) is 0.522. The van der Waals surface area contributed by atoms with Gasteiger partial charge < -0.3 is 0 Å². The molecule has 14 heavy (non-hydrogen) atoms. The van der Waals surface area contributed by atoms with Crippen molar-refractivity contribution in [3.8, 4) is 11.1 Å². The monoisotopic (exact) mass is 202 g/mol. The molecule has 0 spiro atoms. The third kappa shape index (κ3) is 1.23. The Kier molecular flexibility index (Phi) is 2.30. The lowest BCUT2D eigenvalue weighted by Gasteiger charge is -1.98. The van der Waals surface area contributed by atoms with Gasteiger partial charge in [-0.05, 0) is 28.7 Å². The van der Waals surface area contributed by atoms with E-state index >= 15 is 0 Å². The summed E-state index contributed by atoms with van der Waals surface area (Å²) in [6.07, 6.45) is 1.10. The summed E-state index contributed by atoms with van der Waals surface area (Å²) in [7, 11) is 0. The zero-order chi connectivity index (χ0) is 8.67. The van der Waals surface area contributed by atoms with Crippen LogP contribution in [-0.2, 0) is 6.42 Å². The summed E-state index contributed by atoms with van der Waals surface area (Å²) in [4.78, 5) is 0. The number of rotatable bonds is 0. The van der Waals surface area contributed by atoms with Crippen molar-refractivity contribution in [2.75, 3.05) is 0 Å². The maximum Gasteiger partial charge on any atom is -0.00135 e. The fourth-order valence-corrected chi connectivity index (χ4v) is 2.08. The second kappa shape index (κ2) is 3.47. The Labute approximate surface area is 90.0 Å². The largest absolute Gasteiger partial charge is 0.147 e. The van der Waals surface area contributed by atoms with Crippen LogP contribution < -0.4 is 0 Å². The van der Waals surface area contributed by atoms with Crippen molar-refractivity contribution in [1.29, 1.82) is 0 Å². The fraction of sp³-hybridized carbons (Fsp3) is 0.0769. The van der Waals surface area contributed by atoms with Crippen LogP contribution in [0.25, 0.3) is 11.1 Å². The van der Waals surface area contributed by atoms with Crippen LogP contribution in [0.5, 0.6) is 0 Å². The molecule has 1 aliphatic carbocycles. The highest BCUT2D eigenvalue weighted by molar-refractivity contribution is 5.85. The Morgan fingerprint density at radius 3 is 1.57 bits per heavy atom. The van der Waals surface area contributed by atoms with Crippen molar-refractivity contribution < 1.29 is 0 Å². The molecule has 0 heterocycles. The zero-order valence-electron chi connectivity index (χ0n) is 7.73. The SMILES string of the molecule is Cl.c1ccc2c(c1)Cc1ccccc1-2. The van der Waals surface area contributed by atoms with Gasteiger partial charge in [0.2, 0.25) is 0 Å². The van der Waals surface area contributed by atoms with Crippen LogP contribution >= 0.6 is 12.4 Å². The molecule has 0 N–H and O–H groups in total. The van der Waals surface area contributed by atoms with Gasteiger partial charge in [-0.2, -0.15) is 0 Å². The van der Waals surface area contributed by atoms with E-state index in [1.807, 2.05) is 0 Å². The van der Waals surface area contributed by atoms with E-state index in [4.69, 9.17) is 0 Å². The molecule has 0 nitrogen and oxygen atoms in total. The second-order valence-electron chi connectivity index (χ2n) is 3.49. The maximum absolute atomic E-state index is 2.22. The standard InChI is InChI=1S/C13H10.ClH/c1-3-7-12-10(5-1)9-11-6-2-4-8-13(11)12;/h1-8H,9H2;1H. The van der Waals surface area contributed by atoms with E-state index in [0.717, 1.165) is 6.42 Å². The van der Waals surface area contributed by atoms with E-state index in [0.29, 0.717) is 0 Å². The van der Waals surface area contributed by atoms with E-state index in [-0.39, 0.29) is 12.4 Å². The molecule has 0 saturated heterocycles. The highest BCUT2D eigenvalue weighted by atomic mass is 35.5. The minimum absolute atomic E-state index is 0. The van der Waals surface area contributed by atoms with Crippen molar-refractivity contribution >= 4 is 12.4 Å². The first-order valence-corrected chi connectivity index (χ1v) is 4.61. The molecule has 1 heteroatoms. The van der Waals surface area contributed by atoms with Crippen LogP contribution in [0.3, 0.4) is 0 Å². The Morgan fingerprint density at radius 2 is 1.07 bits per heavy atom. The van der Waals surface area contributed by atoms with Gasteiger partial charge in [-0.15, -0.1) is 12.4 Å². The van der Waals surface area contributed by atoms with Gasteiger partial charge in [0.15, 0.2) is 0 Å². The third-order valence-electron chi connectivity index (χ3n) is 2.71. The molecule has 0 radical (unpaired) electrons. The van der Waals surface area contributed by atoms with E-state index in [9.17, 15) is 0 Å². The summed E-state index contributed by atoms with van der Waals surface area (Å²) in [6, 6.07) is 17.3. The number of benzene rings is 2. The molecule has 1 aliphatic rings. The molecule has 0 fully saturated rings. The molecular weight excluding hydrogens is 192 g/mol. The smallest absolute Gasteiger partial charge is 0.00135 e.